The minimum absolute atomic E-state index is 0.0210. The van der Waals surface area contributed by atoms with Crippen molar-refractivity contribution < 1.29 is 17.9 Å². The van der Waals surface area contributed by atoms with Crippen LogP contribution in [-0.2, 0) is 14.6 Å². The molecule has 0 unspecified atom stereocenters. The number of anilines is 2. The Bertz CT molecular complexity index is 1240. The van der Waals surface area contributed by atoms with Gasteiger partial charge in [0.1, 0.15) is 11.9 Å². The summed E-state index contributed by atoms with van der Waals surface area (Å²) in [4.78, 5) is 20.0. The number of morpholine rings is 1. The van der Waals surface area contributed by atoms with E-state index in [1.807, 2.05) is 6.07 Å². The second kappa shape index (κ2) is 9.67. The molecule has 1 N–H and O–H groups in total. The largest absolute Gasteiger partial charge is 0.474 e. The molecular weight excluding hydrogens is 456 g/mol. The van der Waals surface area contributed by atoms with Gasteiger partial charge in [0.25, 0.3) is 0 Å². The predicted octanol–water partition coefficient (Wildman–Crippen LogP) is 2.46. The molecule has 180 valence electrons. The van der Waals surface area contributed by atoms with Gasteiger partial charge >= 0.3 is 0 Å². The molecule has 34 heavy (non-hydrogen) atoms. The van der Waals surface area contributed by atoms with Crippen LogP contribution >= 0.6 is 0 Å². The van der Waals surface area contributed by atoms with Crippen LogP contribution in [0.3, 0.4) is 0 Å². The van der Waals surface area contributed by atoms with Gasteiger partial charge in [0.15, 0.2) is 9.84 Å². The normalized spacial score (nSPS) is 21.4. The minimum atomic E-state index is -3.40. The summed E-state index contributed by atoms with van der Waals surface area (Å²) in [6.07, 6.45) is 9.51. The fourth-order valence-corrected chi connectivity index (χ4v) is 4.92. The molecule has 11 heteroatoms. The smallest absolute Gasteiger partial charge is 0.225 e. The predicted molar refractivity (Wildman–Crippen MR) is 128 cm³/mol. The second-order valence-corrected chi connectivity index (χ2v) is 10.7. The summed E-state index contributed by atoms with van der Waals surface area (Å²) in [5.41, 5.74) is 0.662. The number of sulfone groups is 1. The number of ether oxygens (including phenoxy) is 2. The highest BCUT2D eigenvalue weighted by molar-refractivity contribution is 7.90. The number of fused-ring (bicyclic) bond motifs is 1. The Hall–Kier alpha value is -3.05. The molecule has 2 fully saturated rings. The summed E-state index contributed by atoms with van der Waals surface area (Å²) >= 11 is 0. The van der Waals surface area contributed by atoms with Crippen molar-refractivity contribution in [2.24, 2.45) is 0 Å². The number of aromatic nitrogens is 4. The Labute approximate surface area is 198 Å². The topological polar surface area (TPSA) is 119 Å². The van der Waals surface area contributed by atoms with Crippen molar-refractivity contribution in [1.82, 2.24) is 19.9 Å². The Morgan fingerprint density at radius 3 is 2.50 bits per heavy atom. The summed E-state index contributed by atoms with van der Waals surface area (Å²) < 4.78 is 36.1. The van der Waals surface area contributed by atoms with Crippen LogP contribution in [-0.4, -0.2) is 73.1 Å². The van der Waals surface area contributed by atoms with Gasteiger partial charge in [-0.3, -0.25) is 4.98 Å². The lowest BCUT2D eigenvalue weighted by Crippen LogP contribution is -2.37. The average molecular weight is 485 g/mol. The quantitative estimate of drug-likeness (QED) is 0.559. The van der Waals surface area contributed by atoms with Crippen LogP contribution in [0.2, 0.25) is 0 Å². The van der Waals surface area contributed by atoms with Crippen molar-refractivity contribution in [2.45, 2.75) is 42.7 Å². The number of hydrogen-bond acceptors (Lipinski definition) is 10. The van der Waals surface area contributed by atoms with E-state index in [2.05, 4.69) is 25.2 Å². The standard InChI is InChI=1S/C23H28N6O4S/c1-34(30,31)18-13-19-20(26-15-18)14-21(29-9-11-32-12-10-29)28-22(19)33-17-5-3-16(4-6-17)27-23-24-7-2-8-25-23/h2,7-8,13-17H,3-6,9-12H2,1H3,(H,24,25,27)/t16-,17+. The third kappa shape index (κ3) is 5.20. The van der Waals surface area contributed by atoms with Gasteiger partial charge in [-0.05, 0) is 37.8 Å². The maximum absolute atomic E-state index is 12.1. The fraction of sp³-hybridized carbons (Fsp3) is 0.478. The molecule has 1 saturated carbocycles. The van der Waals surface area contributed by atoms with Crippen molar-refractivity contribution in [3.63, 3.8) is 0 Å². The summed E-state index contributed by atoms with van der Waals surface area (Å²) in [5.74, 6) is 1.83. The molecule has 5 rings (SSSR count). The first-order valence-electron chi connectivity index (χ1n) is 11.5. The molecular formula is C23H28N6O4S. The molecule has 3 aromatic rings. The molecule has 3 aromatic heterocycles. The first-order chi connectivity index (χ1) is 16.5. The van der Waals surface area contributed by atoms with E-state index < -0.39 is 9.84 Å². The van der Waals surface area contributed by atoms with Gasteiger partial charge in [0, 0.05) is 50.0 Å². The fourth-order valence-electron chi connectivity index (χ4n) is 4.35. The van der Waals surface area contributed by atoms with Crippen molar-refractivity contribution in [3.05, 3.63) is 36.8 Å². The second-order valence-electron chi connectivity index (χ2n) is 8.70. The molecule has 0 amide bonds. The zero-order chi connectivity index (χ0) is 23.5. The molecule has 1 aliphatic heterocycles. The van der Waals surface area contributed by atoms with E-state index in [0.29, 0.717) is 35.9 Å². The van der Waals surface area contributed by atoms with E-state index in [4.69, 9.17) is 14.5 Å². The monoisotopic (exact) mass is 484 g/mol. The summed E-state index contributed by atoms with van der Waals surface area (Å²) in [6, 6.07) is 5.58. The van der Waals surface area contributed by atoms with Crippen LogP contribution in [0, 0.1) is 0 Å². The van der Waals surface area contributed by atoms with Crippen LogP contribution in [0.1, 0.15) is 25.7 Å². The third-order valence-corrected chi connectivity index (χ3v) is 7.30. The number of hydrogen-bond donors (Lipinski definition) is 1. The van der Waals surface area contributed by atoms with Gasteiger partial charge in [-0.1, -0.05) is 0 Å². The molecule has 1 saturated heterocycles. The van der Waals surface area contributed by atoms with Crippen molar-refractivity contribution in [2.75, 3.05) is 42.8 Å². The van der Waals surface area contributed by atoms with Crippen molar-refractivity contribution in [1.29, 1.82) is 0 Å². The molecule has 0 aromatic carbocycles. The maximum Gasteiger partial charge on any atom is 0.225 e. The Balaban J connectivity index is 1.38. The Morgan fingerprint density at radius 2 is 1.79 bits per heavy atom. The summed E-state index contributed by atoms with van der Waals surface area (Å²) in [5, 5.41) is 3.99. The zero-order valence-electron chi connectivity index (χ0n) is 19.1. The first kappa shape index (κ1) is 22.7. The molecule has 0 atom stereocenters. The van der Waals surface area contributed by atoms with Gasteiger partial charge in [0.05, 0.1) is 29.0 Å². The summed E-state index contributed by atoms with van der Waals surface area (Å²) in [7, 11) is -3.40. The van der Waals surface area contributed by atoms with Gasteiger partial charge in [0.2, 0.25) is 11.8 Å². The summed E-state index contributed by atoms with van der Waals surface area (Å²) in [6.45, 7) is 2.74. The van der Waals surface area contributed by atoms with Crippen LogP contribution < -0.4 is 15.0 Å². The lowest BCUT2D eigenvalue weighted by Gasteiger charge is -2.31. The van der Waals surface area contributed by atoms with Gasteiger partial charge < -0.3 is 19.7 Å². The van der Waals surface area contributed by atoms with E-state index in [1.54, 1.807) is 24.5 Å². The number of nitrogens with one attached hydrogen (secondary N) is 1. The first-order valence-corrected chi connectivity index (χ1v) is 13.4. The average Bonchev–Trinajstić information content (AvgIpc) is 2.85. The lowest BCUT2D eigenvalue weighted by molar-refractivity contribution is 0.122. The maximum atomic E-state index is 12.1. The van der Waals surface area contributed by atoms with Gasteiger partial charge in [-0.25, -0.2) is 18.4 Å². The van der Waals surface area contributed by atoms with Crippen molar-refractivity contribution >= 4 is 32.5 Å². The zero-order valence-corrected chi connectivity index (χ0v) is 19.9. The van der Waals surface area contributed by atoms with E-state index in [0.717, 1.165) is 44.6 Å². The molecule has 0 bridgehead atoms. The highest BCUT2D eigenvalue weighted by atomic mass is 32.2. The van der Waals surface area contributed by atoms with E-state index in [-0.39, 0.29) is 17.0 Å². The SMILES string of the molecule is CS(=O)(=O)c1cnc2cc(N3CCOCC3)nc(O[C@H]3CC[C@@H](Nc4ncccn4)CC3)c2c1. The van der Waals surface area contributed by atoms with E-state index in [1.165, 1.54) is 12.5 Å². The van der Waals surface area contributed by atoms with Crippen LogP contribution in [0.4, 0.5) is 11.8 Å². The van der Waals surface area contributed by atoms with E-state index in [9.17, 15) is 8.42 Å². The number of rotatable bonds is 6. The lowest BCUT2D eigenvalue weighted by atomic mass is 9.93. The molecule has 0 spiro atoms. The van der Waals surface area contributed by atoms with Crippen LogP contribution in [0.15, 0.2) is 41.7 Å². The van der Waals surface area contributed by atoms with Crippen LogP contribution in [0.5, 0.6) is 5.88 Å². The van der Waals surface area contributed by atoms with Gasteiger partial charge in [-0.2, -0.15) is 4.98 Å². The molecule has 1 aliphatic carbocycles. The number of pyridine rings is 2. The molecule has 2 aliphatic rings. The highest BCUT2D eigenvalue weighted by Gasteiger charge is 2.25. The van der Waals surface area contributed by atoms with Crippen LogP contribution in [0.25, 0.3) is 10.9 Å². The van der Waals surface area contributed by atoms with E-state index >= 15 is 0 Å². The number of nitrogens with zero attached hydrogens (tertiary/aromatic N) is 5. The van der Waals surface area contributed by atoms with Crippen molar-refractivity contribution in [3.8, 4) is 5.88 Å². The molecule has 0 radical (unpaired) electrons. The minimum Gasteiger partial charge on any atom is -0.474 e. The van der Waals surface area contributed by atoms with Gasteiger partial charge in [-0.15, -0.1) is 0 Å². The Kier molecular flexibility index (Phi) is 6.46. The highest BCUT2D eigenvalue weighted by Crippen LogP contribution is 2.32. The molecule has 10 nitrogen and oxygen atoms in total. The Morgan fingerprint density at radius 1 is 1.06 bits per heavy atom. The molecule has 4 heterocycles. The third-order valence-electron chi connectivity index (χ3n) is 6.22.